The summed E-state index contributed by atoms with van der Waals surface area (Å²) in [6.07, 6.45) is 4.73. The van der Waals surface area contributed by atoms with E-state index in [1.54, 1.807) is 0 Å². The van der Waals surface area contributed by atoms with E-state index in [1.807, 2.05) is 6.92 Å². The minimum Gasteiger partial charge on any atom is -0.389 e. The predicted molar refractivity (Wildman–Crippen MR) is 74.0 cm³/mol. The summed E-state index contributed by atoms with van der Waals surface area (Å²) in [6.45, 7) is 11.7. The first-order valence-electron chi connectivity index (χ1n) is 7.26. The Labute approximate surface area is 107 Å². The van der Waals surface area contributed by atoms with Crippen molar-refractivity contribution in [3.05, 3.63) is 0 Å². The molecule has 0 spiro atoms. The maximum atomic E-state index is 10.3. The van der Waals surface area contributed by atoms with E-state index in [9.17, 15) is 5.11 Å². The van der Waals surface area contributed by atoms with Crippen LogP contribution in [0.1, 0.15) is 60.3 Å². The van der Waals surface area contributed by atoms with Crippen LogP contribution in [-0.2, 0) is 0 Å². The fraction of sp³-hybridized carbons (Fsp3) is 1.00. The van der Waals surface area contributed by atoms with Crippen LogP contribution in [0.5, 0.6) is 0 Å². The number of aliphatic hydroxyl groups is 1. The molecule has 0 heterocycles. The average molecular weight is 241 g/mol. The van der Waals surface area contributed by atoms with E-state index in [-0.39, 0.29) is 0 Å². The molecule has 0 saturated heterocycles. The van der Waals surface area contributed by atoms with Gasteiger partial charge in [0.05, 0.1) is 5.60 Å². The first kappa shape index (κ1) is 15.0. The van der Waals surface area contributed by atoms with Crippen LogP contribution in [0, 0.1) is 17.8 Å². The van der Waals surface area contributed by atoms with Crippen LogP contribution in [0.2, 0.25) is 0 Å². The van der Waals surface area contributed by atoms with Crippen LogP contribution in [0.4, 0.5) is 0 Å². The van der Waals surface area contributed by atoms with Gasteiger partial charge in [0.2, 0.25) is 0 Å². The molecule has 1 fully saturated rings. The summed E-state index contributed by atoms with van der Waals surface area (Å²) >= 11 is 0. The van der Waals surface area contributed by atoms with Crippen molar-refractivity contribution in [1.29, 1.82) is 0 Å². The van der Waals surface area contributed by atoms with E-state index in [4.69, 9.17) is 0 Å². The van der Waals surface area contributed by atoms with Crippen LogP contribution in [0.3, 0.4) is 0 Å². The van der Waals surface area contributed by atoms with Crippen LogP contribution in [0.25, 0.3) is 0 Å². The van der Waals surface area contributed by atoms with Crippen LogP contribution in [-0.4, -0.2) is 23.3 Å². The Bertz CT molecular complexity index is 225. The number of nitrogens with one attached hydrogen (secondary N) is 1. The Hall–Kier alpha value is -0.0800. The molecule has 1 saturated carbocycles. The lowest BCUT2D eigenvalue weighted by atomic mass is 9.79. The summed E-state index contributed by atoms with van der Waals surface area (Å²) in [6, 6.07) is 0.611. The molecule has 1 rings (SSSR count). The Kier molecular flexibility index (Phi) is 5.46. The average Bonchev–Trinajstić information content (AvgIpc) is 2.18. The molecule has 0 aromatic carbocycles. The molecule has 0 aromatic heterocycles. The third-order valence-electron chi connectivity index (χ3n) is 4.22. The molecule has 1 aliphatic carbocycles. The SMILES string of the molecule is CC(C)CC(C)(O)CNC1CCC(C)C(C)C1. The van der Waals surface area contributed by atoms with Gasteiger partial charge in [0, 0.05) is 12.6 Å². The van der Waals surface area contributed by atoms with E-state index >= 15 is 0 Å². The van der Waals surface area contributed by atoms with Crippen molar-refractivity contribution in [2.45, 2.75) is 71.9 Å². The summed E-state index contributed by atoms with van der Waals surface area (Å²) in [5.41, 5.74) is -0.555. The second-order valence-corrected chi connectivity index (χ2v) is 6.94. The lowest BCUT2D eigenvalue weighted by Crippen LogP contribution is -2.45. The van der Waals surface area contributed by atoms with Gasteiger partial charge in [0.25, 0.3) is 0 Å². The molecule has 0 amide bonds. The van der Waals surface area contributed by atoms with Crippen LogP contribution < -0.4 is 5.32 Å². The van der Waals surface area contributed by atoms with Crippen molar-refractivity contribution in [2.75, 3.05) is 6.54 Å². The van der Waals surface area contributed by atoms with Gasteiger partial charge in [0.15, 0.2) is 0 Å². The molecular formula is C15H31NO. The lowest BCUT2D eigenvalue weighted by Gasteiger charge is -2.35. The van der Waals surface area contributed by atoms with E-state index in [0.29, 0.717) is 12.0 Å². The molecule has 2 heteroatoms. The van der Waals surface area contributed by atoms with Crippen molar-refractivity contribution in [1.82, 2.24) is 5.32 Å². The van der Waals surface area contributed by atoms with Gasteiger partial charge in [-0.1, -0.05) is 27.7 Å². The maximum absolute atomic E-state index is 10.3. The highest BCUT2D eigenvalue weighted by atomic mass is 16.3. The van der Waals surface area contributed by atoms with Gasteiger partial charge < -0.3 is 10.4 Å². The minimum atomic E-state index is -0.555. The van der Waals surface area contributed by atoms with Crippen LogP contribution in [0.15, 0.2) is 0 Å². The molecule has 2 nitrogen and oxygen atoms in total. The number of hydrogen-bond donors (Lipinski definition) is 2. The topological polar surface area (TPSA) is 32.3 Å². The molecule has 4 unspecified atom stereocenters. The third kappa shape index (κ3) is 5.39. The highest BCUT2D eigenvalue weighted by Gasteiger charge is 2.27. The molecule has 0 bridgehead atoms. The zero-order valence-corrected chi connectivity index (χ0v) is 12.3. The maximum Gasteiger partial charge on any atom is 0.0746 e. The largest absolute Gasteiger partial charge is 0.389 e. The van der Waals surface area contributed by atoms with Gasteiger partial charge >= 0.3 is 0 Å². The normalized spacial score (nSPS) is 33.7. The van der Waals surface area contributed by atoms with Gasteiger partial charge in [-0.2, -0.15) is 0 Å². The van der Waals surface area contributed by atoms with Crippen molar-refractivity contribution < 1.29 is 5.11 Å². The Morgan fingerprint density at radius 3 is 2.41 bits per heavy atom. The van der Waals surface area contributed by atoms with Crippen molar-refractivity contribution in [2.24, 2.45) is 17.8 Å². The lowest BCUT2D eigenvalue weighted by molar-refractivity contribution is 0.0328. The van der Waals surface area contributed by atoms with Gasteiger partial charge in [-0.3, -0.25) is 0 Å². The molecule has 102 valence electrons. The quantitative estimate of drug-likeness (QED) is 0.775. The molecule has 17 heavy (non-hydrogen) atoms. The van der Waals surface area contributed by atoms with Crippen molar-refractivity contribution in [3.63, 3.8) is 0 Å². The summed E-state index contributed by atoms with van der Waals surface area (Å²) in [5, 5.41) is 13.8. The van der Waals surface area contributed by atoms with Crippen LogP contribution >= 0.6 is 0 Å². The standard InChI is InChI=1S/C15H31NO/c1-11(2)9-15(5,17)10-16-14-7-6-12(3)13(4)8-14/h11-14,16-17H,6-10H2,1-5H3. The van der Waals surface area contributed by atoms with Gasteiger partial charge in [-0.15, -0.1) is 0 Å². The Balaban J connectivity index is 2.31. The zero-order valence-electron chi connectivity index (χ0n) is 12.3. The first-order chi connectivity index (χ1) is 7.80. The summed E-state index contributed by atoms with van der Waals surface area (Å²) < 4.78 is 0. The number of rotatable bonds is 5. The summed E-state index contributed by atoms with van der Waals surface area (Å²) in [5.74, 6) is 2.23. The predicted octanol–water partition coefficient (Wildman–Crippen LogP) is 3.20. The monoisotopic (exact) mass is 241 g/mol. The minimum absolute atomic E-state index is 0.553. The van der Waals surface area contributed by atoms with Gasteiger partial charge in [0.1, 0.15) is 0 Å². The van der Waals surface area contributed by atoms with Gasteiger partial charge in [-0.05, 0) is 50.4 Å². The summed E-state index contributed by atoms with van der Waals surface area (Å²) in [7, 11) is 0. The second-order valence-electron chi connectivity index (χ2n) is 6.94. The fourth-order valence-corrected chi connectivity index (χ4v) is 3.05. The third-order valence-corrected chi connectivity index (χ3v) is 4.22. The van der Waals surface area contributed by atoms with Crippen molar-refractivity contribution >= 4 is 0 Å². The van der Waals surface area contributed by atoms with E-state index in [1.165, 1.54) is 19.3 Å². The zero-order chi connectivity index (χ0) is 13.1. The molecule has 2 N–H and O–H groups in total. The highest BCUT2D eigenvalue weighted by molar-refractivity contribution is 4.84. The number of hydrogen-bond acceptors (Lipinski definition) is 2. The smallest absolute Gasteiger partial charge is 0.0746 e. The fourth-order valence-electron chi connectivity index (χ4n) is 3.05. The van der Waals surface area contributed by atoms with Gasteiger partial charge in [-0.25, -0.2) is 0 Å². The molecule has 4 atom stereocenters. The highest BCUT2D eigenvalue weighted by Crippen LogP contribution is 2.29. The van der Waals surface area contributed by atoms with E-state index in [2.05, 4.69) is 33.0 Å². The van der Waals surface area contributed by atoms with Crippen molar-refractivity contribution in [3.8, 4) is 0 Å². The molecular weight excluding hydrogens is 210 g/mol. The molecule has 0 aliphatic heterocycles. The first-order valence-corrected chi connectivity index (χ1v) is 7.26. The summed E-state index contributed by atoms with van der Waals surface area (Å²) in [4.78, 5) is 0. The Morgan fingerprint density at radius 1 is 1.24 bits per heavy atom. The van der Waals surface area contributed by atoms with E-state index in [0.717, 1.165) is 24.8 Å². The Morgan fingerprint density at radius 2 is 1.88 bits per heavy atom. The second kappa shape index (κ2) is 6.19. The molecule has 1 aliphatic rings. The molecule has 0 aromatic rings. The van der Waals surface area contributed by atoms with E-state index < -0.39 is 5.60 Å². The molecule has 0 radical (unpaired) electrons.